The lowest BCUT2D eigenvalue weighted by Gasteiger charge is -2.08. The lowest BCUT2D eigenvalue weighted by Crippen LogP contribution is -2.35. The summed E-state index contributed by atoms with van der Waals surface area (Å²) >= 11 is 3.37. The standard InChI is InChI=1S/C20H21BrN2O5/c1-2-27-20(26)28-17-8-6-15(7-9-17)19(25)23-11-10-22-18(24)13-14-4-3-5-16(21)12-14/h3-9,12H,2,10-11,13H2,1H3,(H,22,24)(H,23,25). The molecule has 0 atom stereocenters. The molecule has 0 heterocycles. The van der Waals surface area contributed by atoms with Crippen molar-refractivity contribution in [1.82, 2.24) is 10.6 Å². The maximum absolute atomic E-state index is 12.1. The van der Waals surface area contributed by atoms with E-state index in [-0.39, 0.29) is 30.6 Å². The Morgan fingerprint density at radius 1 is 1.00 bits per heavy atom. The van der Waals surface area contributed by atoms with E-state index >= 15 is 0 Å². The number of hydrogen-bond acceptors (Lipinski definition) is 5. The molecule has 2 N–H and O–H groups in total. The smallest absolute Gasteiger partial charge is 0.434 e. The van der Waals surface area contributed by atoms with Crippen molar-refractivity contribution in [2.24, 2.45) is 0 Å². The summed E-state index contributed by atoms with van der Waals surface area (Å²) in [6.07, 6.45) is -0.520. The van der Waals surface area contributed by atoms with Gasteiger partial charge in [0.15, 0.2) is 0 Å². The minimum absolute atomic E-state index is 0.118. The third-order valence-electron chi connectivity index (χ3n) is 3.57. The summed E-state index contributed by atoms with van der Waals surface area (Å²) in [5.74, 6) is -0.119. The summed E-state index contributed by atoms with van der Waals surface area (Å²) in [6, 6.07) is 13.6. The molecule has 0 saturated carbocycles. The molecule has 0 aliphatic carbocycles. The molecule has 0 unspecified atom stereocenters. The normalized spacial score (nSPS) is 10.1. The van der Waals surface area contributed by atoms with Gasteiger partial charge in [-0.25, -0.2) is 4.79 Å². The average Bonchev–Trinajstić information content (AvgIpc) is 2.66. The van der Waals surface area contributed by atoms with Gasteiger partial charge >= 0.3 is 6.16 Å². The summed E-state index contributed by atoms with van der Waals surface area (Å²) in [5.41, 5.74) is 1.32. The number of hydrogen-bond donors (Lipinski definition) is 2. The number of rotatable bonds is 8. The van der Waals surface area contributed by atoms with Crippen molar-refractivity contribution in [3.8, 4) is 5.75 Å². The molecule has 0 aliphatic rings. The molecule has 148 valence electrons. The highest BCUT2D eigenvalue weighted by Crippen LogP contribution is 2.13. The van der Waals surface area contributed by atoms with Crippen molar-refractivity contribution >= 4 is 33.9 Å². The lowest BCUT2D eigenvalue weighted by atomic mass is 10.1. The van der Waals surface area contributed by atoms with E-state index in [2.05, 4.69) is 31.3 Å². The fourth-order valence-corrected chi connectivity index (χ4v) is 2.74. The Bertz CT molecular complexity index is 824. The van der Waals surface area contributed by atoms with Crippen LogP contribution in [0.4, 0.5) is 4.79 Å². The van der Waals surface area contributed by atoms with Crippen molar-refractivity contribution in [2.45, 2.75) is 13.3 Å². The zero-order valence-corrected chi connectivity index (χ0v) is 17.0. The second kappa shape index (κ2) is 11.1. The largest absolute Gasteiger partial charge is 0.513 e. The molecule has 0 aromatic heterocycles. The van der Waals surface area contributed by atoms with E-state index in [0.29, 0.717) is 18.7 Å². The van der Waals surface area contributed by atoms with Gasteiger partial charge in [-0.3, -0.25) is 9.59 Å². The molecule has 0 fully saturated rings. The number of nitrogens with one attached hydrogen (secondary N) is 2. The van der Waals surface area contributed by atoms with Crippen LogP contribution < -0.4 is 15.4 Å². The van der Waals surface area contributed by atoms with Crippen molar-refractivity contribution in [3.63, 3.8) is 0 Å². The fraction of sp³-hybridized carbons (Fsp3) is 0.250. The van der Waals surface area contributed by atoms with Gasteiger partial charge < -0.3 is 20.1 Å². The van der Waals surface area contributed by atoms with Gasteiger partial charge in [-0.15, -0.1) is 0 Å². The predicted molar refractivity (Wildman–Crippen MR) is 107 cm³/mol. The van der Waals surface area contributed by atoms with Crippen LogP contribution in [0.25, 0.3) is 0 Å². The summed E-state index contributed by atoms with van der Waals surface area (Å²) in [5, 5.41) is 5.47. The van der Waals surface area contributed by atoms with Crippen LogP contribution in [0.1, 0.15) is 22.8 Å². The van der Waals surface area contributed by atoms with E-state index in [1.807, 2.05) is 24.3 Å². The predicted octanol–water partition coefficient (Wildman–Crippen LogP) is 3.07. The maximum atomic E-state index is 12.1. The molecule has 0 radical (unpaired) electrons. The number of amides is 2. The summed E-state index contributed by atoms with van der Waals surface area (Å²) in [7, 11) is 0. The van der Waals surface area contributed by atoms with Gasteiger partial charge in [-0.05, 0) is 48.9 Å². The Labute approximate surface area is 171 Å². The molecule has 0 spiro atoms. The highest BCUT2D eigenvalue weighted by atomic mass is 79.9. The molecule has 2 rings (SSSR count). The molecular formula is C20H21BrN2O5. The highest BCUT2D eigenvalue weighted by Gasteiger charge is 2.08. The Kier molecular flexibility index (Phi) is 8.48. The average molecular weight is 449 g/mol. The topological polar surface area (TPSA) is 93.7 Å². The van der Waals surface area contributed by atoms with E-state index in [4.69, 9.17) is 4.74 Å². The first-order valence-corrected chi connectivity index (χ1v) is 9.51. The number of halogens is 1. The first-order chi connectivity index (χ1) is 13.5. The van der Waals surface area contributed by atoms with Gasteiger partial charge in [0.2, 0.25) is 5.91 Å². The van der Waals surface area contributed by atoms with Gasteiger partial charge in [-0.2, -0.15) is 0 Å². The quantitative estimate of drug-likeness (QED) is 0.367. The molecule has 0 saturated heterocycles. The Hall–Kier alpha value is -2.87. The third-order valence-corrected chi connectivity index (χ3v) is 4.06. The van der Waals surface area contributed by atoms with Crippen LogP contribution in [0.15, 0.2) is 53.0 Å². The number of carbonyl (C=O) groups is 3. The van der Waals surface area contributed by atoms with Gasteiger partial charge in [0.1, 0.15) is 5.75 Å². The molecule has 0 aliphatic heterocycles. The second-order valence-electron chi connectivity index (χ2n) is 5.72. The summed E-state index contributed by atoms with van der Waals surface area (Å²) in [4.78, 5) is 35.2. The van der Waals surface area contributed by atoms with Crippen LogP contribution in [0.5, 0.6) is 5.75 Å². The molecule has 2 aromatic carbocycles. The van der Waals surface area contributed by atoms with Crippen LogP contribution >= 0.6 is 15.9 Å². The number of carbonyl (C=O) groups excluding carboxylic acids is 3. The molecule has 0 bridgehead atoms. The minimum Gasteiger partial charge on any atom is -0.434 e. The zero-order chi connectivity index (χ0) is 20.4. The monoisotopic (exact) mass is 448 g/mol. The van der Waals surface area contributed by atoms with E-state index in [1.54, 1.807) is 6.92 Å². The van der Waals surface area contributed by atoms with Crippen molar-refractivity contribution in [2.75, 3.05) is 19.7 Å². The zero-order valence-electron chi connectivity index (χ0n) is 15.4. The van der Waals surface area contributed by atoms with Crippen LogP contribution in [0.3, 0.4) is 0 Å². The van der Waals surface area contributed by atoms with E-state index < -0.39 is 6.16 Å². The number of ether oxygens (including phenoxy) is 2. The first kappa shape index (κ1) is 21.4. The molecule has 8 heteroatoms. The van der Waals surface area contributed by atoms with Gasteiger partial charge in [-0.1, -0.05) is 28.1 Å². The van der Waals surface area contributed by atoms with Crippen LogP contribution in [0, 0.1) is 0 Å². The Morgan fingerprint density at radius 3 is 2.39 bits per heavy atom. The third kappa shape index (κ3) is 7.40. The summed E-state index contributed by atoms with van der Waals surface area (Å²) in [6.45, 7) is 2.52. The Balaban J connectivity index is 1.70. The van der Waals surface area contributed by atoms with Crippen molar-refractivity contribution in [1.29, 1.82) is 0 Å². The molecule has 7 nitrogen and oxygen atoms in total. The minimum atomic E-state index is -0.793. The van der Waals surface area contributed by atoms with E-state index in [1.165, 1.54) is 24.3 Å². The summed E-state index contributed by atoms with van der Waals surface area (Å²) < 4.78 is 10.5. The van der Waals surface area contributed by atoms with Gasteiger partial charge in [0.05, 0.1) is 13.0 Å². The molecular weight excluding hydrogens is 428 g/mol. The SMILES string of the molecule is CCOC(=O)Oc1ccc(C(=O)NCCNC(=O)Cc2cccc(Br)c2)cc1. The van der Waals surface area contributed by atoms with E-state index in [0.717, 1.165) is 10.0 Å². The number of benzene rings is 2. The highest BCUT2D eigenvalue weighted by molar-refractivity contribution is 9.10. The first-order valence-electron chi connectivity index (χ1n) is 8.72. The lowest BCUT2D eigenvalue weighted by molar-refractivity contribution is -0.120. The Morgan fingerprint density at radius 2 is 1.71 bits per heavy atom. The van der Waals surface area contributed by atoms with Crippen molar-refractivity contribution < 1.29 is 23.9 Å². The molecule has 2 aromatic rings. The molecule has 28 heavy (non-hydrogen) atoms. The van der Waals surface area contributed by atoms with Crippen LogP contribution in [-0.4, -0.2) is 37.7 Å². The van der Waals surface area contributed by atoms with Gasteiger partial charge in [0, 0.05) is 23.1 Å². The van der Waals surface area contributed by atoms with Crippen LogP contribution in [0.2, 0.25) is 0 Å². The van der Waals surface area contributed by atoms with Crippen molar-refractivity contribution in [3.05, 3.63) is 64.1 Å². The fourth-order valence-electron chi connectivity index (χ4n) is 2.29. The molecule has 2 amide bonds. The second-order valence-corrected chi connectivity index (χ2v) is 6.64. The van der Waals surface area contributed by atoms with E-state index in [9.17, 15) is 14.4 Å². The van der Waals surface area contributed by atoms with Crippen LogP contribution in [-0.2, 0) is 16.0 Å². The maximum Gasteiger partial charge on any atom is 0.513 e. The van der Waals surface area contributed by atoms with Gasteiger partial charge in [0.25, 0.3) is 5.91 Å².